The largest absolute Gasteiger partial charge is 0.389 e. The van der Waals surface area contributed by atoms with Crippen molar-refractivity contribution in [3.63, 3.8) is 0 Å². The summed E-state index contributed by atoms with van der Waals surface area (Å²) in [6.07, 6.45) is -0.492. The molecule has 0 bridgehead atoms. The Labute approximate surface area is 119 Å². The number of thioether (sulfide) groups is 1. The first-order valence-electron chi connectivity index (χ1n) is 6.46. The molecule has 106 valence electrons. The normalized spacial score (nSPS) is 13.7. The first-order chi connectivity index (χ1) is 9.02. The molecule has 3 N–H and O–H groups in total. The van der Waals surface area contributed by atoms with E-state index in [0.29, 0.717) is 0 Å². The van der Waals surface area contributed by atoms with E-state index < -0.39 is 6.10 Å². The second-order valence-corrected chi connectivity index (χ2v) is 5.78. The van der Waals surface area contributed by atoms with Crippen LogP contribution in [0, 0.1) is 0 Å². The quantitative estimate of drug-likeness (QED) is 0.751. The van der Waals surface area contributed by atoms with Crippen LogP contribution in [0.2, 0.25) is 0 Å². The SMILES string of the molecule is CCSCC(C)NC(=O)Nc1ccc(C(C)O)cc1. The topological polar surface area (TPSA) is 61.4 Å². The van der Waals surface area contributed by atoms with Gasteiger partial charge in [-0.15, -0.1) is 0 Å². The summed E-state index contributed by atoms with van der Waals surface area (Å²) in [5.41, 5.74) is 1.55. The van der Waals surface area contributed by atoms with Crippen molar-refractivity contribution < 1.29 is 9.90 Å². The van der Waals surface area contributed by atoms with Gasteiger partial charge in [0.2, 0.25) is 0 Å². The molecule has 0 heterocycles. The van der Waals surface area contributed by atoms with Crippen LogP contribution < -0.4 is 10.6 Å². The lowest BCUT2D eigenvalue weighted by molar-refractivity contribution is 0.199. The van der Waals surface area contributed by atoms with E-state index in [1.165, 1.54) is 0 Å². The molecule has 0 aliphatic heterocycles. The Morgan fingerprint density at radius 1 is 1.32 bits per heavy atom. The van der Waals surface area contributed by atoms with Crippen molar-refractivity contribution in [2.75, 3.05) is 16.8 Å². The second-order valence-electron chi connectivity index (χ2n) is 4.46. The molecule has 4 nitrogen and oxygen atoms in total. The van der Waals surface area contributed by atoms with Gasteiger partial charge in [-0.3, -0.25) is 0 Å². The molecule has 0 saturated heterocycles. The van der Waals surface area contributed by atoms with Crippen molar-refractivity contribution in [1.82, 2.24) is 5.32 Å². The van der Waals surface area contributed by atoms with Crippen LogP contribution in [0.25, 0.3) is 0 Å². The maximum Gasteiger partial charge on any atom is 0.319 e. The summed E-state index contributed by atoms with van der Waals surface area (Å²) in [5, 5.41) is 15.1. The van der Waals surface area contributed by atoms with Gasteiger partial charge in [-0.2, -0.15) is 11.8 Å². The van der Waals surface area contributed by atoms with Crippen LogP contribution in [-0.2, 0) is 0 Å². The van der Waals surface area contributed by atoms with Gasteiger partial charge in [-0.05, 0) is 37.3 Å². The lowest BCUT2D eigenvalue weighted by atomic mass is 10.1. The van der Waals surface area contributed by atoms with E-state index >= 15 is 0 Å². The van der Waals surface area contributed by atoms with Gasteiger partial charge in [0, 0.05) is 17.5 Å². The second kappa shape index (κ2) is 8.07. The van der Waals surface area contributed by atoms with E-state index in [-0.39, 0.29) is 12.1 Å². The summed E-state index contributed by atoms with van der Waals surface area (Å²) in [4.78, 5) is 11.7. The first-order valence-corrected chi connectivity index (χ1v) is 7.61. The third-order valence-corrected chi connectivity index (χ3v) is 3.74. The lowest BCUT2D eigenvalue weighted by Gasteiger charge is -2.14. The molecular formula is C14H22N2O2S. The number of carbonyl (C=O) groups is 1. The number of nitrogens with one attached hydrogen (secondary N) is 2. The molecule has 1 aromatic carbocycles. The van der Waals surface area contributed by atoms with E-state index in [0.717, 1.165) is 22.8 Å². The fourth-order valence-corrected chi connectivity index (χ4v) is 2.24. The Morgan fingerprint density at radius 2 is 1.95 bits per heavy atom. The number of aliphatic hydroxyl groups is 1. The highest BCUT2D eigenvalue weighted by Crippen LogP contribution is 2.15. The standard InChI is InChI=1S/C14H22N2O2S/c1-4-19-9-10(2)15-14(18)16-13-7-5-12(6-8-13)11(3)17/h5-8,10-11,17H,4,9H2,1-3H3,(H2,15,16,18). The maximum absolute atomic E-state index is 11.7. The molecule has 1 aromatic rings. The Morgan fingerprint density at radius 3 is 2.47 bits per heavy atom. The number of carbonyl (C=O) groups excluding carboxylic acids is 1. The lowest BCUT2D eigenvalue weighted by Crippen LogP contribution is -2.37. The van der Waals surface area contributed by atoms with Gasteiger partial charge < -0.3 is 15.7 Å². The molecule has 0 fully saturated rings. The summed E-state index contributed by atoms with van der Waals surface area (Å²) < 4.78 is 0. The smallest absolute Gasteiger partial charge is 0.319 e. The molecule has 2 amide bonds. The number of benzene rings is 1. The zero-order valence-electron chi connectivity index (χ0n) is 11.6. The average molecular weight is 282 g/mol. The van der Waals surface area contributed by atoms with Crippen LogP contribution in [0.4, 0.5) is 10.5 Å². The number of hydrogen-bond acceptors (Lipinski definition) is 3. The Hall–Kier alpha value is -1.20. The number of hydrogen-bond donors (Lipinski definition) is 3. The minimum absolute atomic E-state index is 0.140. The van der Waals surface area contributed by atoms with Crippen LogP contribution in [0.1, 0.15) is 32.4 Å². The zero-order chi connectivity index (χ0) is 14.3. The first kappa shape index (κ1) is 15.9. The molecule has 0 aromatic heterocycles. The summed E-state index contributed by atoms with van der Waals surface area (Å²) in [7, 11) is 0. The van der Waals surface area contributed by atoms with E-state index in [1.807, 2.05) is 6.92 Å². The summed E-state index contributed by atoms with van der Waals surface area (Å²) in [6, 6.07) is 7.11. The Bertz CT molecular complexity index is 393. The highest BCUT2D eigenvalue weighted by Gasteiger charge is 2.07. The molecule has 0 aliphatic rings. The van der Waals surface area contributed by atoms with Gasteiger partial charge in [0.15, 0.2) is 0 Å². The third kappa shape index (κ3) is 5.98. The van der Waals surface area contributed by atoms with Crippen LogP contribution in [0.15, 0.2) is 24.3 Å². The van der Waals surface area contributed by atoms with Crippen LogP contribution in [0.5, 0.6) is 0 Å². The average Bonchev–Trinajstić information content (AvgIpc) is 2.36. The van der Waals surface area contributed by atoms with Crippen molar-refractivity contribution in [2.45, 2.75) is 32.9 Å². The summed E-state index contributed by atoms with van der Waals surface area (Å²) in [6.45, 7) is 5.79. The number of aliphatic hydroxyl groups excluding tert-OH is 1. The number of rotatable bonds is 6. The molecule has 0 aliphatic carbocycles. The van der Waals surface area contributed by atoms with E-state index in [9.17, 15) is 9.90 Å². The molecule has 1 rings (SSSR count). The van der Waals surface area contributed by atoms with Gasteiger partial charge in [0.1, 0.15) is 0 Å². The van der Waals surface area contributed by atoms with Crippen molar-refractivity contribution in [3.05, 3.63) is 29.8 Å². The molecule has 5 heteroatoms. The number of amides is 2. The Kier molecular flexibility index (Phi) is 6.73. The third-order valence-electron chi connectivity index (χ3n) is 2.60. The van der Waals surface area contributed by atoms with Gasteiger partial charge in [0.25, 0.3) is 0 Å². The summed E-state index contributed by atoms with van der Waals surface area (Å²) >= 11 is 1.80. The molecule has 2 atom stereocenters. The fourth-order valence-electron chi connectivity index (χ4n) is 1.57. The van der Waals surface area contributed by atoms with Gasteiger partial charge >= 0.3 is 6.03 Å². The van der Waals surface area contributed by atoms with Gasteiger partial charge in [-0.25, -0.2) is 4.79 Å². The number of anilines is 1. The van der Waals surface area contributed by atoms with Crippen molar-refractivity contribution in [3.8, 4) is 0 Å². The van der Waals surface area contributed by atoms with Gasteiger partial charge in [-0.1, -0.05) is 19.1 Å². The molecule has 0 spiro atoms. The highest BCUT2D eigenvalue weighted by atomic mass is 32.2. The van der Waals surface area contributed by atoms with Crippen molar-refractivity contribution >= 4 is 23.5 Å². The van der Waals surface area contributed by atoms with E-state index in [4.69, 9.17) is 0 Å². The van der Waals surface area contributed by atoms with Crippen molar-refractivity contribution in [1.29, 1.82) is 0 Å². The van der Waals surface area contributed by atoms with Crippen LogP contribution >= 0.6 is 11.8 Å². The molecule has 19 heavy (non-hydrogen) atoms. The molecular weight excluding hydrogens is 260 g/mol. The van der Waals surface area contributed by atoms with Crippen molar-refractivity contribution in [2.24, 2.45) is 0 Å². The molecule has 0 radical (unpaired) electrons. The van der Waals surface area contributed by atoms with Gasteiger partial charge in [0.05, 0.1) is 6.10 Å². The van der Waals surface area contributed by atoms with E-state index in [2.05, 4.69) is 17.6 Å². The monoisotopic (exact) mass is 282 g/mol. The minimum atomic E-state index is -0.492. The van der Waals surface area contributed by atoms with Crippen LogP contribution in [-0.4, -0.2) is 28.7 Å². The Balaban J connectivity index is 2.43. The van der Waals surface area contributed by atoms with Crippen LogP contribution in [0.3, 0.4) is 0 Å². The number of urea groups is 1. The summed E-state index contributed by atoms with van der Waals surface area (Å²) in [5.74, 6) is 1.96. The minimum Gasteiger partial charge on any atom is -0.389 e. The van der Waals surface area contributed by atoms with E-state index in [1.54, 1.807) is 43.0 Å². The molecule has 2 unspecified atom stereocenters. The molecule has 0 saturated carbocycles. The fraction of sp³-hybridized carbons (Fsp3) is 0.500. The maximum atomic E-state index is 11.7. The predicted octanol–water partition coefficient (Wildman–Crippen LogP) is 3.00. The predicted molar refractivity (Wildman–Crippen MR) is 81.7 cm³/mol. The highest BCUT2D eigenvalue weighted by molar-refractivity contribution is 7.99. The zero-order valence-corrected chi connectivity index (χ0v) is 12.5.